The maximum absolute atomic E-state index is 13.1. The molecular formula is C22H26N2O4. The van der Waals surface area contributed by atoms with E-state index in [1.54, 1.807) is 4.90 Å². The molecule has 148 valence electrons. The molecule has 1 aliphatic rings. The Kier molecular flexibility index (Phi) is 6.79. The number of carbonyl (C=O) groups is 1. The van der Waals surface area contributed by atoms with Crippen molar-refractivity contribution in [2.75, 3.05) is 33.5 Å². The van der Waals surface area contributed by atoms with Crippen LogP contribution in [0.15, 0.2) is 53.7 Å². The molecule has 3 rings (SSSR count). The van der Waals surface area contributed by atoms with Crippen LogP contribution in [0, 0.1) is 6.92 Å². The number of aliphatic hydroxyl groups excluding tert-OH is 1. The van der Waals surface area contributed by atoms with Gasteiger partial charge in [-0.1, -0.05) is 41.6 Å². The lowest BCUT2D eigenvalue weighted by molar-refractivity contribution is 0.0438. The minimum Gasteiger partial charge on any atom is -0.399 e. The van der Waals surface area contributed by atoms with Crippen LogP contribution in [0.2, 0.25) is 0 Å². The fourth-order valence-corrected chi connectivity index (χ4v) is 3.49. The van der Waals surface area contributed by atoms with E-state index in [0.29, 0.717) is 25.1 Å². The number of aryl methyl sites for hydroxylation is 1. The fourth-order valence-electron chi connectivity index (χ4n) is 3.49. The van der Waals surface area contributed by atoms with E-state index < -0.39 is 0 Å². The predicted octanol–water partition coefficient (Wildman–Crippen LogP) is 2.89. The molecule has 0 bridgehead atoms. The Morgan fingerprint density at radius 3 is 2.64 bits per heavy atom. The zero-order chi connectivity index (χ0) is 19.9. The second-order valence-electron chi connectivity index (χ2n) is 6.82. The van der Waals surface area contributed by atoms with E-state index in [0.717, 1.165) is 16.8 Å². The van der Waals surface area contributed by atoms with Crippen LogP contribution in [0.5, 0.6) is 0 Å². The van der Waals surface area contributed by atoms with Gasteiger partial charge in [0, 0.05) is 12.0 Å². The van der Waals surface area contributed by atoms with E-state index >= 15 is 0 Å². The quantitative estimate of drug-likeness (QED) is 0.590. The van der Waals surface area contributed by atoms with E-state index in [2.05, 4.69) is 24.2 Å². The lowest BCUT2D eigenvalue weighted by atomic mass is 9.99. The minimum atomic E-state index is -0.121. The van der Waals surface area contributed by atoms with Gasteiger partial charge in [-0.2, -0.15) is 0 Å². The molecule has 1 amide bonds. The van der Waals surface area contributed by atoms with Gasteiger partial charge >= 0.3 is 0 Å². The molecule has 0 aliphatic carbocycles. The topological polar surface area (TPSA) is 71.4 Å². The number of benzene rings is 2. The number of carbonyl (C=O) groups excluding carboxylic acids is 1. The monoisotopic (exact) mass is 382 g/mol. The van der Waals surface area contributed by atoms with E-state index in [-0.39, 0.29) is 25.2 Å². The molecule has 0 saturated carbocycles. The van der Waals surface area contributed by atoms with Crippen LogP contribution in [-0.4, -0.2) is 61.1 Å². The molecule has 0 radical (unpaired) electrons. The minimum absolute atomic E-state index is 0.0416. The van der Waals surface area contributed by atoms with Crippen LogP contribution in [-0.2, 0) is 9.57 Å². The van der Waals surface area contributed by atoms with Crippen LogP contribution >= 0.6 is 0 Å². The van der Waals surface area contributed by atoms with Gasteiger partial charge in [-0.25, -0.2) is 0 Å². The van der Waals surface area contributed by atoms with E-state index in [9.17, 15) is 4.79 Å². The summed E-state index contributed by atoms with van der Waals surface area (Å²) in [5.74, 6) is -0.0600. The van der Waals surface area contributed by atoms with Gasteiger partial charge < -0.3 is 19.6 Å². The predicted molar refractivity (Wildman–Crippen MR) is 108 cm³/mol. The smallest absolute Gasteiger partial charge is 0.254 e. The number of nitrogens with zero attached hydrogens (tertiary/aromatic N) is 2. The summed E-state index contributed by atoms with van der Waals surface area (Å²) in [5, 5.41) is 12.9. The molecule has 2 aromatic carbocycles. The van der Waals surface area contributed by atoms with Gasteiger partial charge in [0.15, 0.2) is 0 Å². The summed E-state index contributed by atoms with van der Waals surface area (Å²) in [4.78, 5) is 19.7. The van der Waals surface area contributed by atoms with Gasteiger partial charge in [0.25, 0.3) is 5.91 Å². The van der Waals surface area contributed by atoms with Gasteiger partial charge in [0.2, 0.25) is 0 Å². The Labute approximate surface area is 165 Å². The highest BCUT2D eigenvalue weighted by molar-refractivity contribution is 6.00. The lowest BCUT2D eigenvalue weighted by Crippen LogP contribution is -2.38. The zero-order valence-electron chi connectivity index (χ0n) is 16.3. The molecule has 1 heterocycles. The van der Waals surface area contributed by atoms with Crippen LogP contribution in [0.25, 0.3) is 11.1 Å². The standard InChI is InChI=1S/C22H26N2O4/c1-16-5-3-4-6-21(16)17-7-9-18(10-8-17)22(26)24-14-19(23-27-2)13-20(24)15-28-12-11-25/h3-10,20,25H,11-15H2,1-2H3/b23-19+. The number of ether oxygens (including phenoxy) is 1. The molecule has 1 saturated heterocycles. The largest absolute Gasteiger partial charge is 0.399 e. The molecule has 0 spiro atoms. The first kappa shape index (κ1) is 20.0. The highest BCUT2D eigenvalue weighted by atomic mass is 16.6. The summed E-state index contributed by atoms with van der Waals surface area (Å²) in [6.07, 6.45) is 0.603. The fraction of sp³-hybridized carbons (Fsp3) is 0.364. The summed E-state index contributed by atoms with van der Waals surface area (Å²) >= 11 is 0. The van der Waals surface area contributed by atoms with Crippen LogP contribution in [0.3, 0.4) is 0 Å². The first-order valence-corrected chi connectivity index (χ1v) is 9.38. The van der Waals surface area contributed by atoms with Crippen LogP contribution in [0.1, 0.15) is 22.3 Å². The molecule has 1 fully saturated rings. The van der Waals surface area contributed by atoms with Crippen molar-refractivity contribution >= 4 is 11.6 Å². The van der Waals surface area contributed by atoms with Crippen molar-refractivity contribution in [3.05, 3.63) is 59.7 Å². The third-order valence-corrected chi connectivity index (χ3v) is 4.88. The number of likely N-dealkylation sites (tertiary alicyclic amines) is 1. The molecule has 1 N–H and O–H groups in total. The van der Waals surface area contributed by atoms with Crippen molar-refractivity contribution in [2.45, 2.75) is 19.4 Å². The van der Waals surface area contributed by atoms with Gasteiger partial charge in [-0.05, 0) is 35.7 Å². The zero-order valence-corrected chi connectivity index (χ0v) is 16.3. The normalized spacial score (nSPS) is 17.9. The van der Waals surface area contributed by atoms with E-state index in [1.165, 1.54) is 12.7 Å². The third-order valence-electron chi connectivity index (χ3n) is 4.88. The van der Waals surface area contributed by atoms with Gasteiger partial charge in [0.05, 0.1) is 38.1 Å². The maximum Gasteiger partial charge on any atom is 0.254 e. The van der Waals surface area contributed by atoms with Crippen molar-refractivity contribution in [1.82, 2.24) is 4.90 Å². The Morgan fingerprint density at radius 2 is 1.96 bits per heavy atom. The molecule has 1 unspecified atom stereocenters. The van der Waals surface area contributed by atoms with Crippen molar-refractivity contribution < 1.29 is 19.5 Å². The molecule has 1 atom stereocenters. The van der Waals surface area contributed by atoms with Crippen LogP contribution < -0.4 is 0 Å². The Morgan fingerprint density at radius 1 is 1.21 bits per heavy atom. The summed E-state index contributed by atoms with van der Waals surface area (Å²) in [6, 6.07) is 15.7. The number of hydrogen-bond acceptors (Lipinski definition) is 5. The Hall–Kier alpha value is -2.70. The molecule has 0 aromatic heterocycles. The van der Waals surface area contributed by atoms with Crippen molar-refractivity contribution in [3.63, 3.8) is 0 Å². The van der Waals surface area contributed by atoms with Gasteiger partial charge in [-0.15, -0.1) is 0 Å². The maximum atomic E-state index is 13.1. The molecule has 1 aliphatic heterocycles. The third kappa shape index (κ3) is 4.58. The van der Waals surface area contributed by atoms with Crippen molar-refractivity contribution in [1.29, 1.82) is 0 Å². The lowest BCUT2D eigenvalue weighted by Gasteiger charge is -2.24. The van der Waals surface area contributed by atoms with Crippen molar-refractivity contribution in [3.8, 4) is 11.1 Å². The first-order chi connectivity index (χ1) is 13.6. The number of amides is 1. The number of rotatable bonds is 7. The summed E-state index contributed by atoms with van der Waals surface area (Å²) in [6.45, 7) is 3.06. The first-order valence-electron chi connectivity index (χ1n) is 9.38. The highest BCUT2D eigenvalue weighted by Crippen LogP contribution is 2.25. The second-order valence-corrected chi connectivity index (χ2v) is 6.82. The highest BCUT2D eigenvalue weighted by Gasteiger charge is 2.34. The molecule has 6 nitrogen and oxygen atoms in total. The average molecular weight is 382 g/mol. The molecule has 2 aromatic rings. The Balaban J connectivity index is 1.77. The molecular weight excluding hydrogens is 356 g/mol. The molecule has 6 heteroatoms. The summed E-state index contributed by atoms with van der Waals surface area (Å²) in [7, 11) is 1.50. The summed E-state index contributed by atoms with van der Waals surface area (Å²) < 4.78 is 5.46. The SMILES string of the molecule is CO/N=C1\CC(COCCO)N(C(=O)c2ccc(-c3ccccc3C)cc2)C1. The van der Waals surface area contributed by atoms with Crippen molar-refractivity contribution in [2.24, 2.45) is 5.16 Å². The second kappa shape index (κ2) is 9.48. The van der Waals surface area contributed by atoms with Gasteiger partial charge in [-0.3, -0.25) is 4.79 Å². The average Bonchev–Trinajstić information content (AvgIpc) is 3.11. The van der Waals surface area contributed by atoms with E-state index in [1.807, 2.05) is 36.4 Å². The summed E-state index contributed by atoms with van der Waals surface area (Å²) in [5.41, 5.74) is 4.88. The number of oxime groups is 1. The van der Waals surface area contributed by atoms with Crippen LogP contribution in [0.4, 0.5) is 0 Å². The molecule has 28 heavy (non-hydrogen) atoms. The Bertz CT molecular complexity index is 833. The number of hydrogen-bond donors (Lipinski definition) is 1. The van der Waals surface area contributed by atoms with Gasteiger partial charge in [0.1, 0.15) is 7.11 Å². The number of aliphatic hydroxyl groups is 1. The van der Waals surface area contributed by atoms with E-state index in [4.69, 9.17) is 14.7 Å².